The lowest BCUT2D eigenvalue weighted by Crippen LogP contribution is -2.55. The smallest absolute Gasteiger partial charge is 0.126 e. The molecule has 2 saturated heterocycles. The van der Waals surface area contributed by atoms with Gasteiger partial charge >= 0.3 is 0 Å². The van der Waals surface area contributed by atoms with Crippen LogP contribution in [0.3, 0.4) is 0 Å². The van der Waals surface area contributed by atoms with E-state index in [1.165, 1.54) is 36.1 Å². The van der Waals surface area contributed by atoms with Crippen molar-refractivity contribution in [1.29, 1.82) is 0 Å². The summed E-state index contributed by atoms with van der Waals surface area (Å²) in [7, 11) is 0. The number of fused-ring (bicyclic) bond motifs is 1. The third-order valence-corrected chi connectivity index (χ3v) is 9.69. The average Bonchev–Trinajstić information content (AvgIpc) is 2.93. The summed E-state index contributed by atoms with van der Waals surface area (Å²) in [5.74, 6) is 2.19. The Kier molecular flexibility index (Phi) is 6.63. The summed E-state index contributed by atoms with van der Waals surface area (Å²) in [6.07, 6.45) is 3.87. The molecular weight excluding hydrogens is 468 g/mol. The third-order valence-electron chi connectivity index (χ3n) is 9.69. The molecule has 3 aliphatic heterocycles. The molecule has 38 heavy (non-hydrogen) atoms. The van der Waals surface area contributed by atoms with E-state index in [-0.39, 0.29) is 17.6 Å². The minimum absolute atomic E-state index is 0.183. The molecule has 3 atom stereocenters. The van der Waals surface area contributed by atoms with Gasteiger partial charge in [-0.25, -0.2) is 0 Å². The second kappa shape index (κ2) is 9.96. The van der Waals surface area contributed by atoms with Crippen LogP contribution in [0.2, 0.25) is 0 Å². The highest BCUT2D eigenvalue weighted by Gasteiger charge is 2.47. The molecule has 2 fully saturated rings. The van der Waals surface area contributed by atoms with Crippen LogP contribution in [0.4, 0.5) is 5.69 Å². The Hall–Kier alpha value is -2.98. The van der Waals surface area contributed by atoms with Crippen LogP contribution in [0.15, 0.2) is 72.8 Å². The highest BCUT2D eigenvalue weighted by Crippen LogP contribution is 2.51. The lowest BCUT2D eigenvalue weighted by molar-refractivity contribution is 0.00294. The Labute approximate surface area is 228 Å². The number of piperidine rings is 2. The fourth-order valence-corrected chi connectivity index (χ4v) is 7.70. The molecule has 200 valence electrons. The van der Waals surface area contributed by atoms with Gasteiger partial charge in [-0.1, -0.05) is 69.3 Å². The molecule has 3 aromatic rings. The maximum absolute atomic E-state index is 10.1. The van der Waals surface area contributed by atoms with Gasteiger partial charge in [-0.15, -0.1) is 0 Å². The number of rotatable bonds is 3. The molecule has 1 spiro atoms. The molecule has 0 bridgehead atoms. The average molecular weight is 511 g/mol. The molecule has 0 aromatic heterocycles. The maximum atomic E-state index is 10.1. The number of nitrogens with one attached hydrogen (secondary N) is 1. The van der Waals surface area contributed by atoms with Crippen molar-refractivity contribution in [3.8, 4) is 11.5 Å². The minimum atomic E-state index is 0.183. The van der Waals surface area contributed by atoms with Crippen molar-refractivity contribution in [3.05, 3.63) is 89.5 Å². The fraction of sp³-hybridized carbons (Fsp3) is 0.471. The predicted molar refractivity (Wildman–Crippen MR) is 155 cm³/mol. The molecule has 4 nitrogen and oxygen atoms in total. The van der Waals surface area contributed by atoms with Gasteiger partial charge in [-0.3, -0.25) is 0 Å². The van der Waals surface area contributed by atoms with Crippen molar-refractivity contribution in [3.63, 3.8) is 0 Å². The first-order valence-corrected chi connectivity index (χ1v) is 14.4. The first-order valence-electron chi connectivity index (χ1n) is 14.4. The molecule has 3 heterocycles. The van der Waals surface area contributed by atoms with Gasteiger partial charge in [0.25, 0.3) is 0 Å². The highest BCUT2D eigenvalue weighted by molar-refractivity contribution is 5.54. The first-order chi connectivity index (χ1) is 18.3. The Morgan fingerprint density at radius 3 is 2.34 bits per heavy atom. The number of phenolic OH excluding ortho intramolecular Hbond substituents is 1. The largest absolute Gasteiger partial charge is 0.508 e. The van der Waals surface area contributed by atoms with E-state index < -0.39 is 0 Å². The molecule has 6 rings (SSSR count). The van der Waals surface area contributed by atoms with E-state index in [0.717, 1.165) is 43.4 Å². The van der Waals surface area contributed by atoms with Crippen molar-refractivity contribution in [1.82, 2.24) is 5.32 Å². The quantitative estimate of drug-likeness (QED) is 0.401. The zero-order chi connectivity index (χ0) is 26.3. The van der Waals surface area contributed by atoms with Crippen LogP contribution in [0, 0.1) is 16.7 Å². The van der Waals surface area contributed by atoms with Crippen molar-refractivity contribution in [2.75, 3.05) is 37.7 Å². The summed E-state index contributed by atoms with van der Waals surface area (Å²) in [6.45, 7) is 12.5. The van der Waals surface area contributed by atoms with Gasteiger partial charge < -0.3 is 20.1 Å². The van der Waals surface area contributed by atoms with E-state index in [2.05, 4.69) is 85.6 Å². The van der Waals surface area contributed by atoms with Crippen molar-refractivity contribution in [2.45, 2.75) is 51.9 Å². The highest BCUT2D eigenvalue weighted by atomic mass is 16.5. The van der Waals surface area contributed by atoms with Crippen molar-refractivity contribution in [2.24, 2.45) is 16.7 Å². The van der Waals surface area contributed by atoms with Gasteiger partial charge in [0.2, 0.25) is 0 Å². The second-order valence-corrected chi connectivity index (χ2v) is 12.8. The molecule has 3 aromatic carbocycles. The maximum Gasteiger partial charge on any atom is 0.126 e. The van der Waals surface area contributed by atoms with Gasteiger partial charge in [0, 0.05) is 42.2 Å². The van der Waals surface area contributed by atoms with Crippen LogP contribution in [-0.2, 0) is 0 Å². The standard InChI is InChI=1S/C34H42N2O2/c1-33(2,3)31-22-35-18-15-34(31)16-19-36(20-17-34)26-11-9-25(10-12-26)32-28-14-13-27(37)21-30(28)38-23-29(32)24-7-5-4-6-8-24/h4-14,21,29,31-32,35,37H,15-20,22-23H2,1-3H3. The lowest BCUT2D eigenvalue weighted by atomic mass is 9.57. The number of hydrogen-bond donors (Lipinski definition) is 2. The van der Waals surface area contributed by atoms with Gasteiger partial charge in [-0.05, 0) is 78.4 Å². The number of ether oxygens (including phenoxy) is 1. The van der Waals surface area contributed by atoms with Crippen LogP contribution >= 0.6 is 0 Å². The summed E-state index contributed by atoms with van der Waals surface area (Å²) in [6, 6.07) is 25.6. The molecule has 0 saturated carbocycles. The SMILES string of the molecule is CC(C)(C)C1CNCCC12CCN(c1ccc(C3c4ccc(O)cc4OCC3c3ccccc3)cc1)CC2. The minimum Gasteiger partial charge on any atom is -0.508 e. The zero-order valence-electron chi connectivity index (χ0n) is 23.1. The summed E-state index contributed by atoms with van der Waals surface area (Å²) in [5.41, 5.74) is 5.88. The van der Waals surface area contributed by atoms with Gasteiger partial charge in [0.05, 0.1) is 6.61 Å². The summed E-state index contributed by atoms with van der Waals surface area (Å²) in [5, 5.41) is 13.8. The molecule has 3 unspecified atom stereocenters. The molecule has 3 aliphatic rings. The van der Waals surface area contributed by atoms with Crippen molar-refractivity contribution < 1.29 is 9.84 Å². The van der Waals surface area contributed by atoms with Crippen LogP contribution < -0.4 is 15.0 Å². The van der Waals surface area contributed by atoms with E-state index in [1.807, 2.05) is 6.07 Å². The second-order valence-electron chi connectivity index (χ2n) is 12.8. The van der Waals surface area contributed by atoms with Crippen LogP contribution in [0.25, 0.3) is 0 Å². The number of aromatic hydroxyl groups is 1. The monoisotopic (exact) mass is 510 g/mol. The topological polar surface area (TPSA) is 44.7 Å². The Morgan fingerprint density at radius 1 is 0.895 bits per heavy atom. The summed E-state index contributed by atoms with van der Waals surface area (Å²) < 4.78 is 6.16. The molecular formula is C34H42N2O2. The number of benzene rings is 3. The van der Waals surface area contributed by atoms with Gasteiger partial charge in [0.1, 0.15) is 11.5 Å². The lowest BCUT2D eigenvalue weighted by Gasteiger charge is -2.54. The van der Waals surface area contributed by atoms with Gasteiger partial charge in [-0.2, -0.15) is 0 Å². The zero-order valence-corrected chi connectivity index (χ0v) is 23.1. The number of phenols is 1. The Bertz CT molecular complexity index is 1240. The molecule has 0 aliphatic carbocycles. The van der Waals surface area contributed by atoms with Crippen LogP contribution in [0.5, 0.6) is 11.5 Å². The molecule has 0 amide bonds. The Balaban J connectivity index is 1.24. The third kappa shape index (κ3) is 4.68. The number of hydrogen-bond acceptors (Lipinski definition) is 4. The number of nitrogens with zero attached hydrogens (tertiary/aromatic N) is 1. The van der Waals surface area contributed by atoms with Crippen LogP contribution in [0.1, 0.15) is 68.6 Å². The van der Waals surface area contributed by atoms with Crippen molar-refractivity contribution >= 4 is 5.69 Å². The normalized spacial score (nSPS) is 25.0. The fourth-order valence-electron chi connectivity index (χ4n) is 7.70. The van der Waals surface area contributed by atoms with Gasteiger partial charge in [0.15, 0.2) is 0 Å². The molecule has 0 radical (unpaired) electrons. The van der Waals surface area contributed by atoms with E-state index in [9.17, 15) is 5.11 Å². The van der Waals surface area contributed by atoms with E-state index >= 15 is 0 Å². The predicted octanol–water partition coefficient (Wildman–Crippen LogP) is 6.94. The molecule has 4 heteroatoms. The first kappa shape index (κ1) is 25.3. The summed E-state index contributed by atoms with van der Waals surface area (Å²) >= 11 is 0. The van der Waals surface area contributed by atoms with E-state index in [4.69, 9.17) is 4.74 Å². The molecule has 2 N–H and O–H groups in total. The summed E-state index contributed by atoms with van der Waals surface area (Å²) in [4.78, 5) is 2.60. The van der Waals surface area contributed by atoms with Crippen LogP contribution in [-0.4, -0.2) is 37.9 Å². The Morgan fingerprint density at radius 2 is 1.63 bits per heavy atom. The number of anilines is 1. The van der Waals surface area contributed by atoms with E-state index in [1.54, 1.807) is 12.1 Å². The van der Waals surface area contributed by atoms with E-state index in [0.29, 0.717) is 17.4 Å².